The van der Waals surface area contributed by atoms with E-state index in [2.05, 4.69) is 47.5 Å². The van der Waals surface area contributed by atoms with E-state index >= 15 is 0 Å². The molecule has 1 nitrogen and oxygen atoms in total. The van der Waals surface area contributed by atoms with Gasteiger partial charge >= 0.3 is 0 Å². The molecule has 3 rings (SSSR count). The van der Waals surface area contributed by atoms with E-state index in [0.717, 1.165) is 6.42 Å². The zero-order valence-corrected chi connectivity index (χ0v) is 7.85. The van der Waals surface area contributed by atoms with Crippen LogP contribution in [0.1, 0.15) is 23.5 Å². The van der Waals surface area contributed by atoms with Crippen molar-refractivity contribution in [1.82, 2.24) is 0 Å². The summed E-state index contributed by atoms with van der Waals surface area (Å²) in [7, 11) is 0. The first-order valence-electron chi connectivity index (χ1n) is 4.94. The topological polar surface area (TPSA) is 12.4 Å². The van der Waals surface area contributed by atoms with Crippen LogP contribution in [0.15, 0.2) is 47.6 Å². The molecular formula is C13H11N. The minimum atomic E-state index is 0.522. The maximum absolute atomic E-state index is 4.34. The van der Waals surface area contributed by atoms with Crippen molar-refractivity contribution >= 4 is 11.8 Å². The standard InChI is InChI=1S/C13H11N/c1-2-4-13-10(3-1)5-6-12-9-11(13)7-8-14-12/h1-8,11H,9H2. The molecule has 14 heavy (non-hydrogen) atoms. The fourth-order valence-corrected chi connectivity index (χ4v) is 2.10. The van der Waals surface area contributed by atoms with Crippen LogP contribution in [0.4, 0.5) is 0 Å². The first-order valence-corrected chi connectivity index (χ1v) is 4.94. The molecule has 68 valence electrons. The van der Waals surface area contributed by atoms with Gasteiger partial charge in [0, 0.05) is 24.3 Å². The largest absolute Gasteiger partial charge is 0.262 e. The lowest BCUT2D eigenvalue weighted by molar-refractivity contribution is 0.878. The number of rotatable bonds is 0. The second-order valence-electron chi connectivity index (χ2n) is 3.73. The number of aliphatic imine (C=N–C) groups is 1. The van der Waals surface area contributed by atoms with Gasteiger partial charge in [-0.05, 0) is 17.2 Å². The Bertz CT molecular complexity index is 452. The fourth-order valence-electron chi connectivity index (χ4n) is 2.10. The molecule has 0 fully saturated rings. The summed E-state index contributed by atoms with van der Waals surface area (Å²) in [5.41, 5.74) is 3.94. The van der Waals surface area contributed by atoms with Crippen molar-refractivity contribution in [2.45, 2.75) is 12.3 Å². The second kappa shape index (κ2) is 2.95. The Labute approximate surface area is 83.5 Å². The normalized spacial score (nSPS) is 22.6. The molecule has 1 heterocycles. The van der Waals surface area contributed by atoms with E-state index in [-0.39, 0.29) is 0 Å². The quantitative estimate of drug-likeness (QED) is 0.583. The molecule has 1 heteroatoms. The molecule has 0 spiro atoms. The van der Waals surface area contributed by atoms with Crippen LogP contribution < -0.4 is 0 Å². The average Bonchev–Trinajstić information content (AvgIpc) is 2.38. The highest BCUT2D eigenvalue weighted by Gasteiger charge is 2.17. The Morgan fingerprint density at radius 3 is 3.07 bits per heavy atom. The van der Waals surface area contributed by atoms with E-state index < -0.39 is 0 Å². The summed E-state index contributed by atoms with van der Waals surface area (Å²) in [4.78, 5) is 4.34. The summed E-state index contributed by atoms with van der Waals surface area (Å²) in [6.45, 7) is 0. The van der Waals surface area contributed by atoms with Gasteiger partial charge in [0.15, 0.2) is 0 Å². The van der Waals surface area contributed by atoms with Crippen LogP contribution in [-0.2, 0) is 0 Å². The molecule has 0 aromatic heterocycles. The lowest BCUT2D eigenvalue weighted by atomic mass is 9.91. The predicted octanol–water partition coefficient (Wildman–Crippen LogP) is 3.16. The summed E-state index contributed by atoms with van der Waals surface area (Å²) < 4.78 is 0. The third-order valence-electron chi connectivity index (χ3n) is 2.84. The molecule has 2 aliphatic rings. The van der Waals surface area contributed by atoms with Crippen LogP contribution >= 0.6 is 0 Å². The fraction of sp³-hybridized carbons (Fsp3) is 0.154. The molecule has 1 aromatic carbocycles. The molecular weight excluding hydrogens is 170 g/mol. The second-order valence-corrected chi connectivity index (χ2v) is 3.73. The Morgan fingerprint density at radius 1 is 1.14 bits per heavy atom. The zero-order chi connectivity index (χ0) is 9.38. The highest BCUT2D eigenvalue weighted by Crippen LogP contribution is 2.31. The number of fused-ring (bicyclic) bond motifs is 4. The van der Waals surface area contributed by atoms with E-state index in [0.29, 0.717) is 5.92 Å². The van der Waals surface area contributed by atoms with Gasteiger partial charge in [0.1, 0.15) is 0 Å². The van der Waals surface area contributed by atoms with Gasteiger partial charge in [0.25, 0.3) is 0 Å². The highest BCUT2D eigenvalue weighted by molar-refractivity contribution is 6.01. The molecule has 0 saturated carbocycles. The van der Waals surface area contributed by atoms with E-state index in [4.69, 9.17) is 0 Å². The predicted molar refractivity (Wildman–Crippen MR) is 59.4 cm³/mol. The van der Waals surface area contributed by atoms with Gasteiger partial charge in [-0.1, -0.05) is 36.4 Å². The number of benzene rings is 1. The van der Waals surface area contributed by atoms with Crippen molar-refractivity contribution in [3.63, 3.8) is 0 Å². The summed E-state index contributed by atoms with van der Waals surface area (Å²) in [5.74, 6) is 0.522. The molecule has 0 radical (unpaired) electrons. The highest BCUT2D eigenvalue weighted by atomic mass is 14.7. The van der Waals surface area contributed by atoms with Crippen LogP contribution in [0.3, 0.4) is 0 Å². The SMILES string of the molecule is C1=CC2CC(=N1)C=Cc1ccccc12. The lowest BCUT2D eigenvalue weighted by Crippen LogP contribution is -2.04. The van der Waals surface area contributed by atoms with E-state index in [1.165, 1.54) is 16.8 Å². The van der Waals surface area contributed by atoms with E-state index in [1.54, 1.807) is 0 Å². The summed E-state index contributed by atoms with van der Waals surface area (Å²) in [6, 6.07) is 8.57. The molecule has 0 saturated heterocycles. The van der Waals surface area contributed by atoms with E-state index in [1.807, 2.05) is 6.20 Å². The molecule has 1 aromatic rings. The molecule has 1 unspecified atom stereocenters. The van der Waals surface area contributed by atoms with Gasteiger partial charge in [-0.3, -0.25) is 4.99 Å². The molecule has 2 bridgehead atoms. The van der Waals surface area contributed by atoms with Gasteiger partial charge in [-0.2, -0.15) is 0 Å². The van der Waals surface area contributed by atoms with Gasteiger partial charge in [-0.25, -0.2) is 0 Å². The molecule has 0 amide bonds. The van der Waals surface area contributed by atoms with E-state index in [9.17, 15) is 0 Å². The van der Waals surface area contributed by atoms with Crippen molar-refractivity contribution in [2.75, 3.05) is 0 Å². The Morgan fingerprint density at radius 2 is 2.07 bits per heavy atom. The first-order chi connectivity index (χ1) is 6.93. The number of allylic oxidation sites excluding steroid dienone is 2. The van der Waals surface area contributed by atoms with Crippen LogP contribution in [0.25, 0.3) is 6.08 Å². The van der Waals surface area contributed by atoms with Crippen molar-refractivity contribution in [3.8, 4) is 0 Å². The Kier molecular flexibility index (Phi) is 1.63. The van der Waals surface area contributed by atoms with Crippen molar-refractivity contribution in [2.24, 2.45) is 4.99 Å². The third-order valence-corrected chi connectivity index (χ3v) is 2.84. The average molecular weight is 181 g/mol. The third kappa shape index (κ3) is 1.13. The minimum absolute atomic E-state index is 0.522. The summed E-state index contributed by atoms with van der Waals surface area (Å²) in [5, 5.41) is 0. The number of nitrogens with zero attached hydrogens (tertiary/aromatic N) is 1. The van der Waals surface area contributed by atoms with Gasteiger partial charge in [-0.15, -0.1) is 0 Å². The monoisotopic (exact) mass is 181 g/mol. The number of hydrogen-bond donors (Lipinski definition) is 0. The van der Waals surface area contributed by atoms with Crippen LogP contribution in [-0.4, -0.2) is 5.71 Å². The lowest BCUT2D eigenvalue weighted by Gasteiger charge is -2.15. The molecule has 0 N–H and O–H groups in total. The van der Waals surface area contributed by atoms with Gasteiger partial charge in [0.2, 0.25) is 0 Å². The molecule has 1 atom stereocenters. The van der Waals surface area contributed by atoms with Crippen molar-refractivity contribution < 1.29 is 0 Å². The summed E-state index contributed by atoms with van der Waals surface area (Å²) >= 11 is 0. The maximum Gasteiger partial charge on any atom is 0.0412 e. The number of hydrogen-bond acceptors (Lipinski definition) is 1. The molecule has 1 aliphatic carbocycles. The Hall–Kier alpha value is -1.63. The van der Waals surface area contributed by atoms with Crippen LogP contribution in [0, 0.1) is 0 Å². The van der Waals surface area contributed by atoms with Crippen molar-refractivity contribution in [3.05, 3.63) is 53.7 Å². The van der Waals surface area contributed by atoms with Gasteiger partial charge in [0.05, 0.1) is 0 Å². The van der Waals surface area contributed by atoms with Gasteiger partial charge < -0.3 is 0 Å². The Balaban J connectivity index is 2.21. The first kappa shape index (κ1) is 7.74. The molecule has 1 aliphatic heterocycles. The minimum Gasteiger partial charge on any atom is -0.262 e. The van der Waals surface area contributed by atoms with Crippen LogP contribution in [0.2, 0.25) is 0 Å². The zero-order valence-electron chi connectivity index (χ0n) is 7.85. The van der Waals surface area contributed by atoms with Crippen molar-refractivity contribution in [1.29, 1.82) is 0 Å². The summed E-state index contributed by atoms with van der Waals surface area (Å²) in [6.07, 6.45) is 9.46. The van der Waals surface area contributed by atoms with Crippen LogP contribution in [0.5, 0.6) is 0 Å². The smallest absolute Gasteiger partial charge is 0.0412 e. The maximum atomic E-state index is 4.34.